The van der Waals surface area contributed by atoms with Gasteiger partial charge in [0.05, 0.1) is 0 Å². The minimum absolute atomic E-state index is 0.275. The van der Waals surface area contributed by atoms with Gasteiger partial charge in [-0.2, -0.15) is 11.8 Å². The lowest BCUT2D eigenvalue weighted by Crippen LogP contribution is -2.58. The van der Waals surface area contributed by atoms with E-state index >= 15 is 0 Å². The van der Waals surface area contributed by atoms with Crippen molar-refractivity contribution in [2.75, 3.05) is 16.9 Å². The lowest BCUT2D eigenvalue weighted by molar-refractivity contribution is -0.158. The predicted octanol–water partition coefficient (Wildman–Crippen LogP) is 4.07. The molecule has 0 spiro atoms. The third-order valence-electron chi connectivity index (χ3n) is 5.74. The van der Waals surface area contributed by atoms with Gasteiger partial charge in [-0.25, -0.2) is 9.59 Å². The number of nitrogens with one attached hydrogen (secondary N) is 2. The summed E-state index contributed by atoms with van der Waals surface area (Å²) in [6.45, 7) is 14.2. The van der Waals surface area contributed by atoms with E-state index in [1.807, 2.05) is 32.2 Å². The molecule has 3 amide bonds. The number of para-hydroxylation sites is 1. The average molecular weight is 550 g/mol. The van der Waals surface area contributed by atoms with Crippen LogP contribution in [0, 0.1) is 5.92 Å². The first kappa shape index (κ1) is 31.5. The van der Waals surface area contributed by atoms with Gasteiger partial charge in [0.15, 0.2) is 0 Å². The monoisotopic (exact) mass is 549 g/mol. The van der Waals surface area contributed by atoms with Crippen molar-refractivity contribution in [1.82, 2.24) is 10.6 Å². The zero-order valence-corrected chi connectivity index (χ0v) is 24.9. The number of amides is 3. The van der Waals surface area contributed by atoms with Crippen molar-refractivity contribution in [1.29, 1.82) is 0 Å². The highest BCUT2D eigenvalue weighted by atomic mass is 32.2. The number of alkyl carbamates (subject to hydrolysis) is 1. The topological polar surface area (TPSA) is 114 Å². The van der Waals surface area contributed by atoms with Crippen LogP contribution in [0.5, 0.6) is 0 Å². The molecule has 1 aromatic carbocycles. The molecule has 1 heterocycles. The quantitative estimate of drug-likeness (QED) is 0.446. The van der Waals surface area contributed by atoms with Crippen LogP contribution in [0.4, 0.5) is 10.5 Å². The van der Waals surface area contributed by atoms with Crippen LogP contribution in [0.25, 0.3) is 0 Å². The van der Waals surface area contributed by atoms with Crippen LogP contribution in [-0.4, -0.2) is 65.2 Å². The van der Waals surface area contributed by atoms with Crippen LogP contribution in [0.1, 0.15) is 67.4 Å². The number of rotatable bonds is 9. The predicted molar refractivity (Wildman–Crippen MR) is 150 cm³/mol. The fraction of sp³-hybridized carbons (Fsp3) is 0.643. The van der Waals surface area contributed by atoms with E-state index in [1.54, 1.807) is 65.4 Å². The molecule has 0 aliphatic carbocycles. The van der Waals surface area contributed by atoms with E-state index in [9.17, 15) is 19.2 Å². The van der Waals surface area contributed by atoms with Crippen LogP contribution in [0.2, 0.25) is 0 Å². The second kappa shape index (κ2) is 12.9. The fourth-order valence-corrected chi connectivity index (χ4v) is 4.56. The molecule has 9 nitrogen and oxygen atoms in total. The molecule has 1 aliphatic rings. The maximum atomic E-state index is 13.9. The number of hydrogen-bond acceptors (Lipinski definition) is 7. The molecule has 0 radical (unpaired) electrons. The molecule has 0 bridgehead atoms. The van der Waals surface area contributed by atoms with Gasteiger partial charge in [-0.15, -0.1) is 0 Å². The molecule has 38 heavy (non-hydrogen) atoms. The Kier molecular flexibility index (Phi) is 10.7. The number of esters is 1. The molecule has 1 aliphatic heterocycles. The van der Waals surface area contributed by atoms with E-state index in [-0.39, 0.29) is 12.3 Å². The number of anilines is 1. The van der Waals surface area contributed by atoms with Crippen molar-refractivity contribution in [2.45, 2.75) is 97.6 Å². The van der Waals surface area contributed by atoms with Gasteiger partial charge < -0.3 is 20.1 Å². The zero-order valence-electron chi connectivity index (χ0n) is 24.0. The maximum Gasteiger partial charge on any atom is 0.408 e. The van der Waals surface area contributed by atoms with Gasteiger partial charge in [-0.3, -0.25) is 14.5 Å². The van der Waals surface area contributed by atoms with Crippen LogP contribution in [0.3, 0.4) is 0 Å². The number of ether oxygens (including phenoxy) is 2. The molecule has 212 valence electrons. The molecular formula is C28H43N3O6S. The number of carbonyl (C=O) groups is 4. The fourth-order valence-electron chi connectivity index (χ4n) is 4.09. The van der Waals surface area contributed by atoms with E-state index in [1.165, 1.54) is 4.90 Å². The highest BCUT2D eigenvalue weighted by Crippen LogP contribution is 2.33. The molecule has 0 saturated carbocycles. The molecule has 2 N–H and O–H groups in total. The molecule has 10 heteroatoms. The summed E-state index contributed by atoms with van der Waals surface area (Å²) in [5.41, 5.74) is -0.000853. The van der Waals surface area contributed by atoms with Crippen molar-refractivity contribution in [3.05, 3.63) is 29.8 Å². The first-order chi connectivity index (χ1) is 17.5. The van der Waals surface area contributed by atoms with Gasteiger partial charge >= 0.3 is 12.1 Å². The molecule has 0 aromatic heterocycles. The Balaban J connectivity index is 2.35. The Labute approximate surface area is 230 Å². The molecular weight excluding hydrogens is 506 g/mol. The maximum absolute atomic E-state index is 13.9. The summed E-state index contributed by atoms with van der Waals surface area (Å²) in [7, 11) is 0. The number of fused-ring (bicyclic) bond motifs is 1. The zero-order chi connectivity index (χ0) is 28.8. The second-order valence-corrected chi connectivity index (χ2v) is 12.8. The normalized spacial score (nSPS) is 16.9. The lowest BCUT2D eigenvalue weighted by Gasteiger charge is -2.32. The van der Waals surface area contributed by atoms with Gasteiger partial charge in [0.25, 0.3) is 5.91 Å². The number of nitrogens with zero attached hydrogens (tertiary/aromatic N) is 1. The van der Waals surface area contributed by atoms with Crippen LogP contribution < -0.4 is 15.5 Å². The summed E-state index contributed by atoms with van der Waals surface area (Å²) in [4.78, 5) is 54.5. The highest BCUT2D eigenvalue weighted by molar-refractivity contribution is 7.98. The van der Waals surface area contributed by atoms with Gasteiger partial charge in [0.1, 0.15) is 29.3 Å². The number of carbonyl (C=O) groups excluding carboxylic acids is 4. The van der Waals surface area contributed by atoms with Crippen molar-refractivity contribution in [2.24, 2.45) is 5.92 Å². The smallest absolute Gasteiger partial charge is 0.408 e. The SMILES string of the molecule is CSCC[C@H](NC(=O)[C@H]1Cc2ccccc2N1C(=O)[C@@H](NC(=O)OC(C)(C)C)C(C)C)C(=O)OC(C)(C)C. The minimum Gasteiger partial charge on any atom is -0.458 e. The summed E-state index contributed by atoms with van der Waals surface area (Å²) >= 11 is 1.56. The largest absolute Gasteiger partial charge is 0.458 e. The first-order valence-corrected chi connectivity index (χ1v) is 14.4. The molecule has 1 aromatic rings. The van der Waals surface area contributed by atoms with Crippen LogP contribution in [0.15, 0.2) is 24.3 Å². The van der Waals surface area contributed by atoms with Gasteiger partial charge in [0.2, 0.25) is 5.91 Å². The minimum atomic E-state index is -0.926. The number of benzene rings is 1. The molecule has 2 rings (SSSR count). The van der Waals surface area contributed by atoms with E-state index in [0.717, 1.165) is 5.56 Å². The Morgan fingerprint density at radius 3 is 2.16 bits per heavy atom. The molecule has 0 saturated heterocycles. The standard InChI is InChI=1S/C28H43N3O6S/c1-17(2)22(30-26(35)37-28(6,7)8)24(33)31-20-13-11-10-12-18(20)16-21(31)23(32)29-19(14-15-38-9)25(34)36-27(3,4)5/h10-13,17,19,21-22H,14-16H2,1-9H3,(H,29,32)(H,30,35)/t19-,21+,22-/m0/s1. The Morgan fingerprint density at radius 2 is 1.61 bits per heavy atom. The summed E-state index contributed by atoms with van der Waals surface area (Å²) in [5.74, 6) is -1.02. The van der Waals surface area contributed by atoms with E-state index in [0.29, 0.717) is 17.9 Å². The Hall–Kier alpha value is -2.75. The number of thioether (sulfide) groups is 1. The van der Waals surface area contributed by atoms with Crippen molar-refractivity contribution < 1.29 is 28.7 Å². The molecule has 3 atom stereocenters. The van der Waals surface area contributed by atoms with Crippen molar-refractivity contribution in [3.8, 4) is 0 Å². The molecule has 0 unspecified atom stereocenters. The third kappa shape index (κ3) is 8.92. The van der Waals surface area contributed by atoms with E-state index in [4.69, 9.17) is 9.47 Å². The lowest BCUT2D eigenvalue weighted by atomic mass is 10.0. The second-order valence-electron chi connectivity index (χ2n) is 11.8. The van der Waals surface area contributed by atoms with Crippen molar-refractivity contribution in [3.63, 3.8) is 0 Å². The number of hydrogen-bond donors (Lipinski definition) is 2. The van der Waals surface area contributed by atoms with E-state index in [2.05, 4.69) is 10.6 Å². The van der Waals surface area contributed by atoms with Crippen LogP contribution >= 0.6 is 11.8 Å². The summed E-state index contributed by atoms with van der Waals surface area (Å²) in [6.07, 6.45) is 1.89. The average Bonchev–Trinajstić information content (AvgIpc) is 3.17. The summed E-state index contributed by atoms with van der Waals surface area (Å²) in [6, 6.07) is 4.63. The van der Waals surface area contributed by atoms with Gasteiger partial charge in [-0.1, -0.05) is 32.0 Å². The first-order valence-electron chi connectivity index (χ1n) is 13.0. The molecule has 0 fully saturated rings. The summed E-state index contributed by atoms with van der Waals surface area (Å²) < 4.78 is 10.9. The highest BCUT2D eigenvalue weighted by Gasteiger charge is 2.43. The third-order valence-corrected chi connectivity index (χ3v) is 6.38. The Bertz CT molecular complexity index is 1010. The van der Waals surface area contributed by atoms with Crippen LogP contribution in [-0.2, 0) is 30.3 Å². The Morgan fingerprint density at radius 1 is 1.00 bits per heavy atom. The summed E-state index contributed by atoms with van der Waals surface area (Å²) in [5, 5.41) is 5.53. The van der Waals surface area contributed by atoms with Gasteiger partial charge in [0, 0.05) is 12.1 Å². The van der Waals surface area contributed by atoms with E-state index < -0.39 is 53.2 Å². The van der Waals surface area contributed by atoms with Gasteiger partial charge in [-0.05, 0) is 77.5 Å². The van der Waals surface area contributed by atoms with Crippen molar-refractivity contribution >= 4 is 41.3 Å².